The van der Waals surface area contributed by atoms with Gasteiger partial charge in [0, 0.05) is 32.1 Å². The van der Waals surface area contributed by atoms with Crippen molar-refractivity contribution in [2.75, 3.05) is 13.6 Å². The van der Waals surface area contributed by atoms with Crippen molar-refractivity contribution >= 4 is 17.7 Å². The quantitative estimate of drug-likeness (QED) is 0.838. The summed E-state index contributed by atoms with van der Waals surface area (Å²) < 4.78 is 0. The molecule has 0 fully saturated rings. The molecule has 1 aliphatic rings. The maximum atomic E-state index is 12.4. The molecule has 3 amide bonds. The molecule has 26 heavy (non-hydrogen) atoms. The number of aromatic hydroxyl groups is 1. The van der Waals surface area contributed by atoms with E-state index in [0.29, 0.717) is 16.7 Å². The normalized spacial score (nSPS) is 13.1. The minimum absolute atomic E-state index is 0.0363. The average Bonchev–Trinajstić information content (AvgIpc) is 2.85. The van der Waals surface area contributed by atoms with Gasteiger partial charge in [-0.05, 0) is 25.1 Å². The van der Waals surface area contributed by atoms with Crippen LogP contribution in [0.3, 0.4) is 0 Å². The lowest BCUT2D eigenvalue weighted by atomic mass is 10.1. The summed E-state index contributed by atoms with van der Waals surface area (Å²) in [5.41, 5.74) is 2.32. The number of hydrogen-bond acceptors (Lipinski definition) is 4. The van der Waals surface area contributed by atoms with Crippen LogP contribution in [0, 0.1) is 6.92 Å². The standard InChI is InChI=1S/C20H20N2O4/c1-13-7-8-15-16(11-13)20(26)22(19(15)25)10-9-18(24)21(2)12-14-5-3-4-6-17(14)23/h3-8,11,23H,9-10,12H2,1-2H3. The second-order valence-corrected chi connectivity index (χ2v) is 6.44. The third-order valence-corrected chi connectivity index (χ3v) is 4.50. The molecule has 0 aromatic heterocycles. The van der Waals surface area contributed by atoms with Crippen molar-refractivity contribution in [2.45, 2.75) is 19.9 Å². The van der Waals surface area contributed by atoms with Gasteiger partial charge >= 0.3 is 0 Å². The fraction of sp³-hybridized carbons (Fsp3) is 0.250. The molecule has 0 spiro atoms. The lowest BCUT2D eigenvalue weighted by Crippen LogP contribution is -2.35. The molecule has 2 aromatic carbocycles. The Morgan fingerprint density at radius 2 is 1.77 bits per heavy atom. The Balaban J connectivity index is 1.62. The van der Waals surface area contributed by atoms with Crippen LogP contribution in [0.25, 0.3) is 0 Å². The van der Waals surface area contributed by atoms with Gasteiger partial charge in [0.25, 0.3) is 11.8 Å². The Morgan fingerprint density at radius 1 is 1.08 bits per heavy atom. The number of nitrogens with zero attached hydrogens (tertiary/aromatic N) is 2. The highest BCUT2D eigenvalue weighted by molar-refractivity contribution is 6.21. The minimum Gasteiger partial charge on any atom is -0.508 e. The van der Waals surface area contributed by atoms with E-state index in [1.54, 1.807) is 49.5 Å². The first-order valence-electron chi connectivity index (χ1n) is 8.36. The zero-order valence-electron chi connectivity index (χ0n) is 14.7. The SMILES string of the molecule is Cc1ccc2c(c1)C(=O)N(CCC(=O)N(C)Cc1ccccc1O)C2=O. The molecule has 1 heterocycles. The van der Waals surface area contributed by atoms with E-state index in [1.165, 1.54) is 4.90 Å². The number of amides is 3. The van der Waals surface area contributed by atoms with E-state index >= 15 is 0 Å². The van der Waals surface area contributed by atoms with Crippen molar-refractivity contribution < 1.29 is 19.5 Å². The number of phenolic OH excluding ortho intramolecular Hbond substituents is 1. The average molecular weight is 352 g/mol. The molecule has 0 aliphatic carbocycles. The van der Waals surface area contributed by atoms with Gasteiger partial charge in [0.15, 0.2) is 0 Å². The summed E-state index contributed by atoms with van der Waals surface area (Å²) in [6.07, 6.45) is 0.0363. The fourth-order valence-corrected chi connectivity index (χ4v) is 2.99. The summed E-state index contributed by atoms with van der Waals surface area (Å²) >= 11 is 0. The van der Waals surface area contributed by atoms with E-state index in [0.717, 1.165) is 10.5 Å². The Bertz CT molecular complexity index is 891. The lowest BCUT2D eigenvalue weighted by molar-refractivity contribution is -0.130. The number of carbonyl (C=O) groups excluding carboxylic acids is 3. The number of phenols is 1. The van der Waals surface area contributed by atoms with Crippen molar-refractivity contribution in [3.63, 3.8) is 0 Å². The number of aryl methyl sites for hydroxylation is 1. The van der Waals surface area contributed by atoms with Crippen LogP contribution in [0.1, 0.15) is 38.3 Å². The van der Waals surface area contributed by atoms with Gasteiger partial charge in [0.05, 0.1) is 11.1 Å². The number of hydrogen-bond donors (Lipinski definition) is 1. The first kappa shape index (κ1) is 17.7. The molecule has 0 atom stereocenters. The van der Waals surface area contributed by atoms with Crippen molar-refractivity contribution in [2.24, 2.45) is 0 Å². The van der Waals surface area contributed by atoms with Crippen LogP contribution in [0.15, 0.2) is 42.5 Å². The maximum Gasteiger partial charge on any atom is 0.261 e. The molecule has 0 saturated heterocycles. The van der Waals surface area contributed by atoms with Crippen LogP contribution >= 0.6 is 0 Å². The molecule has 1 aliphatic heterocycles. The summed E-state index contributed by atoms with van der Waals surface area (Å²) in [6, 6.07) is 11.9. The summed E-state index contributed by atoms with van der Waals surface area (Å²) in [5, 5.41) is 9.80. The molecule has 6 heteroatoms. The summed E-state index contributed by atoms with van der Waals surface area (Å²) in [6.45, 7) is 2.15. The van der Waals surface area contributed by atoms with Gasteiger partial charge in [-0.1, -0.05) is 29.8 Å². The number of rotatable bonds is 5. The van der Waals surface area contributed by atoms with Crippen molar-refractivity contribution in [3.05, 3.63) is 64.7 Å². The van der Waals surface area contributed by atoms with E-state index < -0.39 is 0 Å². The zero-order valence-corrected chi connectivity index (χ0v) is 14.7. The third-order valence-electron chi connectivity index (χ3n) is 4.50. The Hall–Kier alpha value is -3.15. The first-order chi connectivity index (χ1) is 12.4. The van der Waals surface area contributed by atoms with Gasteiger partial charge in [-0.3, -0.25) is 19.3 Å². The highest BCUT2D eigenvalue weighted by atomic mass is 16.3. The summed E-state index contributed by atoms with van der Waals surface area (Å²) in [5.74, 6) is -0.796. The van der Waals surface area contributed by atoms with Crippen LogP contribution in [-0.4, -0.2) is 46.2 Å². The van der Waals surface area contributed by atoms with Crippen LogP contribution in [-0.2, 0) is 11.3 Å². The van der Waals surface area contributed by atoms with E-state index in [-0.39, 0.29) is 43.0 Å². The molecule has 2 aromatic rings. The molecule has 6 nitrogen and oxygen atoms in total. The summed E-state index contributed by atoms with van der Waals surface area (Å²) in [7, 11) is 1.63. The molecule has 3 rings (SSSR count). The first-order valence-corrected chi connectivity index (χ1v) is 8.36. The van der Waals surface area contributed by atoms with E-state index in [9.17, 15) is 19.5 Å². The Kier molecular flexibility index (Phi) is 4.75. The van der Waals surface area contributed by atoms with Crippen molar-refractivity contribution in [3.8, 4) is 5.75 Å². The summed E-state index contributed by atoms with van der Waals surface area (Å²) in [4.78, 5) is 39.7. The van der Waals surface area contributed by atoms with E-state index in [4.69, 9.17) is 0 Å². The Morgan fingerprint density at radius 3 is 2.50 bits per heavy atom. The largest absolute Gasteiger partial charge is 0.508 e. The molecule has 0 bridgehead atoms. The predicted molar refractivity (Wildman–Crippen MR) is 95.7 cm³/mol. The van der Waals surface area contributed by atoms with Crippen LogP contribution in [0.5, 0.6) is 5.75 Å². The smallest absolute Gasteiger partial charge is 0.261 e. The number of imide groups is 1. The zero-order chi connectivity index (χ0) is 18.8. The monoisotopic (exact) mass is 352 g/mol. The van der Waals surface area contributed by atoms with Crippen LogP contribution < -0.4 is 0 Å². The number of fused-ring (bicyclic) bond motifs is 1. The van der Waals surface area contributed by atoms with Gasteiger partial charge in [-0.25, -0.2) is 0 Å². The second kappa shape index (κ2) is 7.00. The highest BCUT2D eigenvalue weighted by Gasteiger charge is 2.35. The van der Waals surface area contributed by atoms with Gasteiger partial charge < -0.3 is 10.0 Å². The number of carbonyl (C=O) groups is 3. The molecule has 0 radical (unpaired) electrons. The molecule has 0 unspecified atom stereocenters. The lowest BCUT2D eigenvalue weighted by Gasteiger charge is -2.20. The van der Waals surface area contributed by atoms with E-state index in [2.05, 4.69) is 0 Å². The maximum absolute atomic E-state index is 12.4. The second-order valence-electron chi connectivity index (χ2n) is 6.44. The minimum atomic E-state index is -0.360. The van der Waals surface area contributed by atoms with E-state index in [1.807, 2.05) is 6.92 Å². The fourth-order valence-electron chi connectivity index (χ4n) is 2.99. The number of benzene rings is 2. The Labute approximate surface area is 151 Å². The molecule has 134 valence electrons. The molecule has 1 N–H and O–H groups in total. The molecular formula is C20H20N2O4. The van der Waals surface area contributed by atoms with Gasteiger partial charge in [0.2, 0.25) is 5.91 Å². The van der Waals surface area contributed by atoms with Crippen molar-refractivity contribution in [1.29, 1.82) is 0 Å². The highest BCUT2D eigenvalue weighted by Crippen LogP contribution is 2.24. The number of para-hydroxylation sites is 1. The van der Waals surface area contributed by atoms with Gasteiger partial charge in [0.1, 0.15) is 5.75 Å². The molecule has 0 saturated carbocycles. The topological polar surface area (TPSA) is 77.9 Å². The van der Waals surface area contributed by atoms with Crippen molar-refractivity contribution in [1.82, 2.24) is 9.80 Å². The predicted octanol–water partition coefficient (Wildman–Crippen LogP) is 2.35. The van der Waals surface area contributed by atoms with Crippen LogP contribution in [0.4, 0.5) is 0 Å². The third kappa shape index (κ3) is 3.31. The molecular weight excluding hydrogens is 332 g/mol. The van der Waals surface area contributed by atoms with Gasteiger partial charge in [-0.15, -0.1) is 0 Å². The van der Waals surface area contributed by atoms with Crippen LogP contribution in [0.2, 0.25) is 0 Å². The van der Waals surface area contributed by atoms with Gasteiger partial charge in [-0.2, -0.15) is 0 Å².